The van der Waals surface area contributed by atoms with E-state index in [1.807, 2.05) is 0 Å². The number of hydrogen-bond acceptors (Lipinski definition) is 7. The van der Waals surface area contributed by atoms with Gasteiger partial charge in [0.15, 0.2) is 13.2 Å². The molecule has 0 aromatic heterocycles. The highest BCUT2D eigenvalue weighted by molar-refractivity contribution is 5.71. The van der Waals surface area contributed by atoms with Crippen LogP contribution in [0, 0.1) is 0 Å². The number of aromatic hydroxyl groups is 1. The van der Waals surface area contributed by atoms with Crippen LogP contribution in [0.2, 0.25) is 0 Å². The van der Waals surface area contributed by atoms with Gasteiger partial charge < -0.3 is 24.1 Å². The first-order valence-electron chi connectivity index (χ1n) is 5.28. The summed E-state index contributed by atoms with van der Waals surface area (Å²) in [6.07, 6.45) is 0. The Morgan fingerprint density at radius 2 is 1.37 bits per heavy atom. The maximum absolute atomic E-state index is 10.9. The van der Waals surface area contributed by atoms with Gasteiger partial charge in [0.1, 0.15) is 17.2 Å². The summed E-state index contributed by atoms with van der Waals surface area (Å²) in [5.74, 6) is -0.807. The Bertz CT molecular complexity index is 417. The molecule has 0 saturated heterocycles. The van der Waals surface area contributed by atoms with Gasteiger partial charge in [-0.25, -0.2) is 9.59 Å². The zero-order valence-electron chi connectivity index (χ0n) is 10.5. The summed E-state index contributed by atoms with van der Waals surface area (Å²) in [7, 11) is 2.47. The molecule has 19 heavy (non-hydrogen) atoms. The molecule has 1 aromatic carbocycles. The fraction of sp³-hybridized carbons (Fsp3) is 0.333. The van der Waals surface area contributed by atoms with E-state index in [-0.39, 0.29) is 30.5 Å². The van der Waals surface area contributed by atoms with E-state index in [0.717, 1.165) is 0 Å². The number of carbonyl (C=O) groups excluding carboxylic acids is 2. The summed E-state index contributed by atoms with van der Waals surface area (Å²) in [4.78, 5) is 21.8. The molecule has 1 N–H and O–H groups in total. The Morgan fingerprint density at radius 1 is 0.947 bits per heavy atom. The lowest BCUT2D eigenvalue weighted by molar-refractivity contribution is -0.143. The van der Waals surface area contributed by atoms with Crippen LogP contribution in [0.4, 0.5) is 0 Å². The van der Waals surface area contributed by atoms with Crippen LogP contribution in [-0.2, 0) is 19.1 Å². The van der Waals surface area contributed by atoms with Gasteiger partial charge in [-0.05, 0) is 0 Å². The van der Waals surface area contributed by atoms with E-state index in [1.165, 1.54) is 32.4 Å². The van der Waals surface area contributed by atoms with Crippen LogP contribution < -0.4 is 9.47 Å². The smallest absolute Gasteiger partial charge is 0.343 e. The second-order valence-corrected chi connectivity index (χ2v) is 3.39. The first-order valence-corrected chi connectivity index (χ1v) is 5.28. The second-order valence-electron chi connectivity index (χ2n) is 3.39. The van der Waals surface area contributed by atoms with Gasteiger partial charge in [0.25, 0.3) is 0 Å². The number of carbonyl (C=O) groups is 2. The summed E-state index contributed by atoms with van der Waals surface area (Å²) in [6.45, 7) is -0.590. The van der Waals surface area contributed by atoms with E-state index < -0.39 is 11.9 Å². The van der Waals surface area contributed by atoms with Crippen molar-refractivity contribution >= 4 is 11.9 Å². The van der Waals surface area contributed by atoms with E-state index in [2.05, 4.69) is 9.47 Å². The van der Waals surface area contributed by atoms with Gasteiger partial charge in [-0.15, -0.1) is 0 Å². The van der Waals surface area contributed by atoms with Crippen molar-refractivity contribution in [1.82, 2.24) is 0 Å². The highest BCUT2D eigenvalue weighted by Gasteiger charge is 2.07. The van der Waals surface area contributed by atoms with E-state index in [0.29, 0.717) is 0 Å². The van der Waals surface area contributed by atoms with Gasteiger partial charge >= 0.3 is 11.9 Å². The minimum atomic E-state index is -0.555. The molecule has 0 fully saturated rings. The molecule has 0 aliphatic rings. The molecule has 7 heteroatoms. The lowest BCUT2D eigenvalue weighted by Gasteiger charge is -2.09. The summed E-state index contributed by atoms with van der Waals surface area (Å²) in [5.41, 5.74) is 0. The predicted octanol–water partition coefficient (Wildman–Crippen LogP) is 0.496. The van der Waals surface area contributed by atoms with Crippen molar-refractivity contribution in [1.29, 1.82) is 0 Å². The van der Waals surface area contributed by atoms with Crippen molar-refractivity contribution in [2.45, 2.75) is 0 Å². The van der Waals surface area contributed by atoms with E-state index in [4.69, 9.17) is 9.47 Å². The first kappa shape index (κ1) is 14.6. The third-order valence-electron chi connectivity index (χ3n) is 2.03. The minimum Gasteiger partial charge on any atom is -0.508 e. The third-order valence-corrected chi connectivity index (χ3v) is 2.03. The van der Waals surface area contributed by atoms with Gasteiger partial charge in [0, 0.05) is 18.2 Å². The van der Waals surface area contributed by atoms with Crippen LogP contribution >= 0.6 is 0 Å². The molecule has 7 nitrogen and oxygen atoms in total. The first-order chi connectivity index (χ1) is 9.05. The van der Waals surface area contributed by atoms with Crippen molar-refractivity contribution in [2.75, 3.05) is 27.4 Å². The molecule has 0 heterocycles. The Labute approximate surface area is 109 Å². The van der Waals surface area contributed by atoms with Crippen LogP contribution in [-0.4, -0.2) is 44.5 Å². The average Bonchev–Trinajstić information content (AvgIpc) is 2.41. The van der Waals surface area contributed by atoms with Crippen molar-refractivity contribution in [3.63, 3.8) is 0 Å². The number of ether oxygens (including phenoxy) is 4. The Balaban J connectivity index is 2.65. The van der Waals surface area contributed by atoms with Crippen molar-refractivity contribution in [2.24, 2.45) is 0 Å². The molecule has 104 valence electrons. The van der Waals surface area contributed by atoms with Crippen LogP contribution in [0.15, 0.2) is 18.2 Å². The molecule has 0 aliphatic heterocycles. The monoisotopic (exact) mass is 270 g/mol. The standard InChI is InChI=1S/C12H14O7/c1-16-11(14)6-18-9-3-8(13)4-10(5-9)19-7-12(15)17-2/h3-5,13H,6-7H2,1-2H3. The number of hydrogen-bond donors (Lipinski definition) is 1. The summed E-state index contributed by atoms with van der Waals surface area (Å²) in [6, 6.07) is 4.02. The zero-order valence-corrected chi connectivity index (χ0v) is 10.5. The minimum absolute atomic E-state index is 0.123. The summed E-state index contributed by atoms with van der Waals surface area (Å²) in [5, 5.41) is 9.45. The van der Waals surface area contributed by atoms with E-state index >= 15 is 0 Å². The van der Waals surface area contributed by atoms with Crippen LogP contribution in [0.1, 0.15) is 0 Å². The van der Waals surface area contributed by atoms with Crippen molar-refractivity contribution < 1.29 is 33.6 Å². The van der Waals surface area contributed by atoms with Gasteiger partial charge in [0.2, 0.25) is 0 Å². The molecular formula is C12H14O7. The number of benzene rings is 1. The Kier molecular flexibility index (Phi) is 5.46. The second kappa shape index (κ2) is 7.10. The maximum Gasteiger partial charge on any atom is 0.343 e. The SMILES string of the molecule is COC(=O)COc1cc(O)cc(OCC(=O)OC)c1. The molecule has 0 spiro atoms. The van der Waals surface area contributed by atoms with E-state index in [1.54, 1.807) is 0 Å². The molecule has 0 amide bonds. The van der Waals surface area contributed by atoms with Crippen LogP contribution in [0.3, 0.4) is 0 Å². The number of rotatable bonds is 6. The molecular weight excluding hydrogens is 256 g/mol. The topological polar surface area (TPSA) is 91.3 Å². The molecule has 0 radical (unpaired) electrons. The highest BCUT2D eigenvalue weighted by atomic mass is 16.6. The van der Waals surface area contributed by atoms with Crippen molar-refractivity contribution in [3.8, 4) is 17.2 Å². The number of phenols is 1. The van der Waals surface area contributed by atoms with Gasteiger partial charge in [0.05, 0.1) is 14.2 Å². The lowest BCUT2D eigenvalue weighted by atomic mass is 10.3. The van der Waals surface area contributed by atoms with Crippen LogP contribution in [0.25, 0.3) is 0 Å². The fourth-order valence-corrected chi connectivity index (χ4v) is 1.13. The predicted molar refractivity (Wildman–Crippen MR) is 63.1 cm³/mol. The van der Waals surface area contributed by atoms with Gasteiger partial charge in [-0.1, -0.05) is 0 Å². The lowest BCUT2D eigenvalue weighted by Crippen LogP contribution is -2.13. The molecule has 0 bridgehead atoms. The molecule has 0 aliphatic carbocycles. The molecule has 0 atom stereocenters. The largest absolute Gasteiger partial charge is 0.508 e. The third kappa shape index (κ3) is 5.15. The normalized spacial score (nSPS) is 9.58. The molecule has 1 rings (SSSR count). The average molecular weight is 270 g/mol. The summed E-state index contributed by atoms with van der Waals surface area (Å²) < 4.78 is 19.0. The number of phenolic OH excluding ortho intramolecular Hbond substituents is 1. The van der Waals surface area contributed by atoms with E-state index in [9.17, 15) is 14.7 Å². The Hall–Kier alpha value is -2.44. The van der Waals surface area contributed by atoms with Crippen LogP contribution in [0.5, 0.6) is 17.2 Å². The molecule has 0 unspecified atom stereocenters. The quantitative estimate of drug-likeness (QED) is 0.752. The number of esters is 2. The Morgan fingerprint density at radius 3 is 1.74 bits per heavy atom. The zero-order chi connectivity index (χ0) is 14.3. The highest BCUT2D eigenvalue weighted by Crippen LogP contribution is 2.26. The van der Waals surface area contributed by atoms with Gasteiger partial charge in [-0.3, -0.25) is 0 Å². The number of methoxy groups -OCH3 is 2. The fourth-order valence-electron chi connectivity index (χ4n) is 1.13. The summed E-state index contributed by atoms with van der Waals surface area (Å²) >= 11 is 0. The molecule has 1 aromatic rings. The van der Waals surface area contributed by atoms with Crippen molar-refractivity contribution in [3.05, 3.63) is 18.2 Å². The van der Waals surface area contributed by atoms with Gasteiger partial charge in [-0.2, -0.15) is 0 Å². The molecule has 0 saturated carbocycles. The maximum atomic E-state index is 10.9.